The molecule has 19 heavy (non-hydrogen) atoms. The van der Waals surface area contributed by atoms with Gasteiger partial charge in [0, 0.05) is 13.6 Å². The van der Waals surface area contributed by atoms with Crippen molar-refractivity contribution in [2.45, 2.75) is 38.5 Å². The van der Waals surface area contributed by atoms with E-state index in [1.165, 1.54) is 6.42 Å². The fourth-order valence-corrected chi connectivity index (χ4v) is 3.10. The Morgan fingerprint density at radius 2 is 1.74 bits per heavy atom. The monoisotopic (exact) mass is 285 g/mol. The zero-order chi connectivity index (χ0) is 14.5. The average molecular weight is 285 g/mol. The molecule has 1 fully saturated rings. The summed E-state index contributed by atoms with van der Waals surface area (Å²) in [6.07, 6.45) is 5.90. The molecule has 110 valence electrons. The van der Waals surface area contributed by atoms with Crippen molar-refractivity contribution in [2.24, 2.45) is 11.1 Å². The highest BCUT2D eigenvalue weighted by Crippen LogP contribution is 2.38. The summed E-state index contributed by atoms with van der Waals surface area (Å²) in [5.41, 5.74) is 5.32. The third-order valence-electron chi connectivity index (χ3n) is 4.03. The Morgan fingerprint density at radius 3 is 2.21 bits per heavy atom. The molecule has 1 aliphatic carbocycles. The highest BCUT2D eigenvalue weighted by Gasteiger charge is 2.43. The summed E-state index contributed by atoms with van der Waals surface area (Å²) in [4.78, 5) is 17.0. The molecule has 0 aromatic rings. The molecule has 2 N–H and O–H groups in total. The minimum absolute atomic E-state index is 0.124. The van der Waals surface area contributed by atoms with Crippen LogP contribution in [-0.4, -0.2) is 54.9 Å². The molecule has 1 rings (SSSR count). The first-order valence-electron chi connectivity index (χ1n) is 7.10. The maximum atomic E-state index is 12.7. The lowest BCUT2D eigenvalue weighted by atomic mass is 9.73. The predicted molar refractivity (Wildman–Crippen MR) is 83.1 cm³/mol. The van der Waals surface area contributed by atoms with Crippen LogP contribution in [0, 0.1) is 5.41 Å². The second-order valence-electron chi connectivity index (χ2n) is 5.89. The first-order chi connectivity index (χ1) is 8.90. The second-order valence-corrected chi connectivity index (χ2v) is 6.33. The van der Waals surface area contributed by atoms with Gasteiger partial charge in [0.05, 0.1) is 10.4 Å². The molecule has 5 heteroatoms. The van der Waals surface area contributed by atoms with Crippen molar-refractivity contribution in [1.82, 2.24) is 9.80 Å². The highest BCUT2D eigenvalue weighted by atomic mass is 32.1. The van der Waals surface area contributed by atoms with Crippen molar-refractivity contribution in [1.29, 1.82) is 0 Å². The fraction of sp³-hybridized carbons (Fsp3) is 0.857. The van der Waals surface area contributed by atoms with Crippen molar-refractivity contribution < 1.29 is 4.79 Å². The zero-order valence-corrected chi connectivity index (χ0v) is 13.3. The van der Waals surface area contributed by atoms with Gasteiger partial charge in [0.1, 0.15) is 0 Å². The van der Waals surface area contributed by atoms with Crippen molar-refractivity contribution in [3.8, 4) is 0 Å². The van der Waals surface area contributed by atoms with E-state index >= 15 is 0 Å². The lowest BCUT2D eigenvalue weighted by Crippen LogP contribution is -2.50. The molecule has 0 bridgehead atoms. The summed E-state index contributed by atoms with van der Waals surface area (Å²) in [6, 6.07) is 0. The van der Waals surface area contributed by atoms with Gasteiger partial charge in [0.15, 0.2) is 0 Å². The van der Waals surface area contributed by atoms with E-state index in [-0.39, 0.29) is 5.91 Å². The molecule has 1 saturated carbocycles. The van der Waals surface area contributed by atoms with E-state index in [9.17, 15) is 4.79 Å². The number of hydrogen-bond donors (Lipinski definition) is 1. The maximum Gasteiger partial charge on any atom is 0.235 e. The predicted octanol–water partition coefficient (Wildman–Crippen LogP) is 1.63. The van der Waals surface area contributed by atoms with Crippen LogP contribution >= 0.6 is 12.2 Å². The van der Waals surface area contributed by atoms with E-state index in [1.54, 1.807) is 0 Å². The summed E-state index contributed by atoms with van der Waals surface area (Å²) in [5, 5.41) is 0. The summed E-state index contributed by atoms with van der Waals surface area (Å²) in [5.74, 6) is 0.124. The Kier molecular flexibility index (Phi) is 6.20. The van der Waals surface area contributed by atoms with Gasteiger partial charge >= 0.3 is 0 Å². The van der Waals surface area contributed by atoms with Gasteiger partial charge in [-0.2, -0.15) is 0 Å². The van der Waals surface area contributed by atoms with Crippen molar-refractivity contribution in [2.75, 3.05) is 34.2 Å². The van der Waals surface area contributed by atoms with E-state index < -0.39 is 5.41 Å². The van der Waals surface area contributed by atoms with E-state index in [2.05, 4.69) is 4.90 Å². The van der Waals surface area contributed by atoms with Gasteiger partial charge < -0.3 is 15.5 Å². The van der Waals surface area contributed by atoms with Crippen molar-refractivity contribution >= 4 is 23.1 Å². The van der Waals surface area contributed by atoms with Crippen LogP contribution in [0.2, 0.25) is 0 Å². The van der Waals surface area contributed by atoms with Gasteiger partial charge in [-0.1, -0.05) is 31.5 Å². The highest BCUT2D eigenvalue weighted by molar-refractivity contribution is 7.80. The molecule has 0 saturated heterocycles. The number of nitrogens with two attached hydrogens (primary N) is 1. The first-order valence-corrected chi connectivity index (χ1v) is 7.51. The molecule has 0 heterocycles. The molecule has 1 aliphatic rings. The third kappa shape index (κ3) is 4.14. The Balaban J connectivity index is 2.63. The average Bonchev–Trinajstić information content (AvgIpc) is 2.37. The van der Waals surface area contributed by atoms with Gasteiger partial charge in [0.25, 0.3) is 0 Å². The lowest BCUT2D eigenvalue weighted by molar-refractivity contribution is -0.138. The summed E-state index contributed by atoms with van der Waals surface area (Å²) < 4.78 is 0. The number of rotatable bonds is 6. The van der Waals surface area contributed by atoms with Crippen LogP contribution in [0.3, 0.4) is 0 Å². The Labute approximate surface area is 122 Å². The van der Waals surface area contributed by atoms with Crippen LogP contribution in [-0.2, 0) is 4.79 Å². The normalized spacial score (nSPS) is 18.3. The van der Waals surface area contributed by atoms with Crippen LogP contribution in [0.5, 0.6) is 0 Å². The molecule has 0 unspecified atom stereocenters. The molecule has 4 nitrogen and oxygen atoms in total. The van der Waals surface area contributed by atoms with Gasteiger partial charge in [-0.25, -0.2) is 0 Å². The number of carbonyl (C=O) groups excluding carboxylic acids is 1. The standard InChI is InChI=1S/C14H27N3OS/c1-16(2)10-7-11-17(3)13(18)14(12(15)19)8-5-4-6-9-14/h4-11H2,1-3H3,(H2,15,19). The van der Waals surface area contributed by atoms with Crippen LogP contribution in [0.25, 0.3) is 0 Å². The summed E-state index contributed by atoms with van der Waals surface area (Å²) in [6.45, 7) is 1.75. The Bertz CT molecular complexity index is 325. The molecular formula is C14H27N3OS. The minimum Gasteiger partial charge on any atom is -0.392 e. The molecule has 0 spiro atoms. The number of hydrogen-bond acceptors (Lipinski definition) is 3. The maximum absolute atomic E-state index is 12.7. The van der Waals surface area contributed by atoms with E-state index in [1.807, 2.05) is 26.0 Å². The molecule has 0 aromatic heterocycles. The summed E-state index contributed by atoms with van der Waals surface area (Å²) in [7, 11) is 5.95. The van der Waals surface area contributed by atoms with Crippen LogP contribution in [0.15, 0.2) is 0 Å². The second kappa shape index (κ2) is 7.20. The largest absolute Gasteiger partial charge is 0.392 e. The van der Waals surface area contributed by atoms with Gasteiger partial charge in [0.2, 0.25) is 5.91 Å². The van der Waals surface area contributed by atoms with Crippen LogP contribution in [0.1, 0.15) is 38.5 Å². The molecule has 0 radical (unpaired) electrons. The third-order valence-corrected chi connectivity index (χ3v) is 4.42. The van der Waals surface area contributed by atoms with E-state index in [0.717, 1.165) is 45.2 Å². The van der Waals surface area contributed by atoms with Gasteiger partial charge in [-0.05, 0) is 39.9 Å². The SMILES string of the molecule is CN(C)CCCN(C)C(=O)C1(C(N)=S)CCCCC1. The number of carbonyl (C=O) groups is 1. The Morgan fingerprint density at radius 1 is 1.16 bits per heavy atom. The number of amides is 1. The molecular weight excluding hydrogens is 258 g/mol. The lowest BCUT2D eigenvalue weighted by Gasteiger charge is -2.38. The molecule has 0 aliphatic heterocycles. The van der Waals surface area contributed by atoms with Crippen LogP contribution < -0.4 is 5.73 Å². The molecule has 0 aromatic carbocycles. The summed E-state index contributed by atoms with van der Waals surface area (Å²) >= 11 is 5.20. The fourth-order valence-electron chi connectivity index (χ4n) is 2.81. The molecule has 1 amide bonds. The first kappa shape index (κ1) is 16.4. The van der Waals surface area contributed by atoms with Gasteiger partial charge in [-0.15, -0.1) is 0 Å². The smallest absolute Gasteiger partial charge is 0.235 e. The topological polar surface area (TPSA) is 49.6 Å². The van der Waals surface area contributed by atoms with E-state index in [4.69, 9.17) is 18.0 Å². The number of nitrogens with zero attached hydrogens (tertiary/aromatic N) is 2. The Hall–Kier alpha value is -0.680. The van der Waals surface area contributed by atoms with Crippen molar-refractivity contribution in [3.05, 3.63) is 0 Å². The quantitative estimate of drug-likeness (QED) is 0.754. The number of thiocarbonyl (C=S) groups is 1. The van der Waals surface area contributed by atoms with Crippen molar-refractivity contribution in [3.63, 3.8) is 0 Å². The van der Waals surface area contributed by atoms with Crippen LogP contribution in [0.4, 0.5) is 0 Å². The molecule has 0 atom stereocenters. The van der Waals surface area contributed by atoms with Gasteiger partial charge in [-0.3, -0.25) is 4.79 Å². The van der Waals surface area contributed by atoms with E-state index in [0.29, 0.717) is 4.99 Å². The zero-order valence-electron chi connectivity index (χ0n) is 12.4. The minimum atomic E-state index is -0.569.